The van der Waals surface area contributed by atoms with Crippen LogP contribution in [-0.4, -0.2) is 44.1 Å². The Labute approximate surface area is 118 Å². The summed E-state index contributed by atoms with van der Waals surface area (Å²) < 4.78 is 19.2. The molecule has 6 heteroatoms. The van der Waals surface area contributed by atoms with Crippen LogP contribution < -0.4 is 5.32 Å². The van der Waals surface area contributed by atoms with Crippen LogP contribution in [-0.2, 0) is 9.53 Å². The highest BCUT2D eigenvalue weighted by atomic mass is 35.5. The Kier molecular flexibility index (Phi) is 6.21. The molecule has 0 aromatic heterocycles. The van der Waals surface area contributed by atoms with Gasteiger partial charge in [0.15, 0.2) is 0 Å². The van der Waals surface area contributed by atoms with E-state index in [1.807, 2.05) is 0 Å². The van der Waals surface area contributed by atoms with Gasteiger partial charge in [-0.25, -0.2) is 4.39 Å². The molecule has 1 aromatic carbocycles. The predicted molar refractivity (Wildman–Crippen MR) is 72.8 cm³/mol. The van der Waals surface area contributed by atoms with Gasteiger partial charge in [-0.05, 0) is 13.1 Å². The van der Waals surface area contributed by atoms with E-state index in [1.165, 1.54) is 6.07 Å². The van der Waals surface area contributed by atoms with Gasteiger partial charge < -0.3 is 15.0 Å². The van der Waals surface area contributed by atoms with Crippen molar-refractivity contribution in [3.8, 4) is 0 Å². The standard InChI is InChI=1S/C13H17FN2O2.ClH/c1-15-8-13(17)16-6-7-18-12(9-16)10-4-2-3-5-11(10)14;/h2-5,12,15H,6-9H2,1H3;1H. The fourth-order valence-corrected chi connectivity index (χ4v) is 2.06. The van der Waals surface area contributed by atoms with Crippen LogP contribution in [0.5, 0.6) is 0 Å². The third-order valence-electron chi connectivity index (χ3n) is 3.00. The number of hydrogen-bond donors (Lipinski definition) is 1. The number of ether oxygens (including phenoxy) is 1. The van der Waals surface area contributed by atoms with Gasteiger partial charge in [-0.3, -0.25) is 4.79 Å². The van der Waals surface area contributed by atoms with Crippen molar-refractivity contribution in [2.45, 2.75) is 6.10 Å². The van der Waals surface area contributed by atoms with Gasteiger partial charge in [0.2, 0.25) is 5.91 Å². The van der Waals surface area contributed by atoms with Gasteiger partial charge in [-0.2, -0.15) is 0 Å². The first-order valence-corrected chi connectivity index (χ1v) is 6.00. The summed E-state index contributed by atoms with van der Waals surface area (Å²) in [4.78, 5) is 13.5. The van der Waals surface area contributed by atoms with Gasteiger partial charge >= 0.3 is 0 Å². The summed E-state index contributed by atoms with van der Waals surface area (Å²) in [5.74, 6) is -0.271. The lowest BCUT2D eigenvalue weighted by Crippen LogP contribution is -2.45. The Morgan fingerprint density at radius 3 is 2.95 bits per heavy atom. The molecule has 1 heterocycles. The molecule has 1 fully saturated rings. The molecule has 0 spiro atoms. The summed E-state index contributed by atoms with van der Waals surface area (Å²) in [6.07, 6.45) is -0.374. The van der Waals surface area contributed by atoms with Crippen LogP contribution in [0.25, 0.3) is 0 Å². The van der Waals surface area contributed by atoms with Crippen molar-refractivity contribution < 1.29 is 13.9 Å². The van der Waals surface area contributed by atoms with Gasteiger partial charge in [-0.15, -0.1) is 12.4 Å². The molecule has 0 bridgehead atoms. The first-order chi connectivity index (χ1) is 8.72. The van der Waals surface area contributed by atoms with Crippen LogP contribution in [0, 0.1) is 5.82 Å². The molecule has 0 aliphatic carbocycles. The molecule has 1 N–H and O–H groups in total. The SMILES string of the molecule is CNCC(=O)N1CCOC(c2ccccc2F)C1.Cl. The average molecular weight is 289 g/mol. The van der Waals surface area contributed by atoms with Gasteiger partial charge in [0.25, 0.3) is 0 Å². The molecule has 1 aromatic rings. The number of benzene rings is 1. The first kappa shape index (κ1) is 15.9. The van der Waals surface area contributed by atoms with Crippen molar-refractivity contribution in [2.75, 3.05) is 33.3 Å². The van der Waals surface area contributed by atoms with E-state index in [2.05, 4.69) is 5.32 Å². The largest absolute Gasteiger partial charge is 0.370 e. The summed E-state index contributed by atoms with van der Waals surface area (Å²) >= 11 is 0. The van der Waals surface area contributed by atoms with Crippen LogP contribution in [0.1, 0.15) is 11.7 Å². The van der Waals surface area contributed by atoms with Gasteiger partial charge in [0.1, 0.15) is 11.9 Å². The molecule has 4 nitrogen and oxygen atoms in total. The van der Waals surface area contributed by atoms with E-state index in [-0.39, 0.29) is 30.2 Å². The summed E-state index contributed by atoms with van der Waals surface area (Å²) in [7, 11) is 1.73. The molecular formula is C13H18ClFN2O2. The number of nitrogens with zero attached hydrogens (tertiary/aromatic N) is 1. The summed E-state index contributed by atoms with van der Waals surface area (Å²) in [5, 5.41) is 2.82. The van der Waals surface area contributed by atoms with Crippen molar-refractivity contribution in [3.05, 3.63) is 35.6 Å². The van der Waals surface area contributed by atoms with E-state index in [0.29, 0.717) is 31.8 Å². The molecule has 0 saturated carbocycles. The third kappa shape index (κ3) is 3.89. The van der Waals surface area contributed by atoms with Crippen LogP contribution in [0.4, 0.5) is 4.39 Å². The molecule has 106 valence electrons. The summed E-state index contributed by atoms with van der Waals surface area (Å²) in [6.45, 7) is 1.70. The fraction of sp³-hybridized carbons (Fsp3) is 0.462. The number of hydrogen-bond acceptors (Lipinski definition) is 3. The molecule has 0 radical (unpaired) electrons. The number of nitrogens with one attached hydrogen (secondary N) is 1. The number of carbonyl (C=O) groups excluding carboxylic acids is 1. The maximum Gasteiger partial charge on any atom is 0.236 e. The quantitative estimate of drug-likeness (QED) is 0.913. The monoisotopic (exact) mass is 288 g/mol. The lowest BCUT2D eigenvalue weighted by atomic mass is 10.1. The van der Waals surface area contributed by atoms with E-state index >= 15 is 0 Å². The maximum atomic E-state index is 13.7. The minimum Gasteiger partial charge on any atom is -0.370 e. The molecule has 1 aliphatic heterocycles. The zero-order chi connectivity index (χ0) is 13.0. The van der Waals surface area contributed by atoms with Crippen LogP contribution in [0.2, 0.25) is 0 Å². The second-order valence-corrected chi connectivity index (χ2v) is 4.25. The smallest absolute Gasteiger partial charge is 0.236 e. The topological polar surface area (TPSA) is 41.6 Å². The second-order valence-electron chi connectivity index (χ2n) is 4.25. The van der Waals surface area contributed by atoms with Crippen LogP contribution in [0.15, 0.2) is 24.3 Å². The van der Waals surface area contributed by atoms with Crippen LogP contribution in [0.3, 0.4) is 0 Å². The number of amides is 1. The Bertz CT molecular complexity index is 431. The molecule has 1 saturated heterocycles. The Hall–Kier alpha value is -1.17. The van der Waals surface area contributed by atoms with E-state index in [9.17, 15) is 9.18 Å². The van der Waals surface area contributed by atoms with Crippen molar-refractivity contribution >= 4 is 18.3 Å². The second kappa shape index (κ2) is 7.43. The minimum atomic E-state index is -0.374. The van der Waals surface area contributed by atoms with Crippen molar-refractivity contribution in [3.63, 3.8) is 0 Å². The van der Waals surface area contributed by atoms with E-state index in [4.69, 9.17) is 4.74 Å². The molecule has 1 amide bonds. The molecular weight excluding hydrogens is 271 g/mol. The van der Waals surface area contributed by atoms with Crippen molar-refractivity contribution in [2.24, 2.45) is 0 Å². The number of halogens is 2. The number of rotatable bonds is 3. The van der Waals surface area contributed by atoms with E-state index in [1.54, 1.807) is 30.1 Å². The van der Waals surface area contributed by atoms with E-state index < -0.39 is 0 Å². The Morgan fingerprint density at radius 1 is 1.53 bits per heavy atom. The highest BCUT2D eigenvalue weighted by Crippen LogP contribution is 2.24. The molecule has 1 unspecified atom stereocenters. The van der Waals surface area contributed by atoms with Gasteiger partial charge in [-0.1, -0.05) is 18.2 Å². The molecule has 1 aliphatic rings. The lowest BCUT2D eigenvalue weighted by molar-refractivity contribution is -0.138. The predicted octanol–water partition coefficient (Wildman–Crippen LogP) is 1.37. The lowest BCUT2D eigenvalue weighted by Gasteiger charge is -2.33. The third-order valence-corrected chi connectivity index (χ3v) is 3.00. The summed E-state index contributed by atoms with van der Waals surface area (Å²) in [5.41, 5.74) is 0.513. The molecule has 1 atom stereocenters. The first-order valence-electron chi connectivity index (χ1n) is 6.00. The van der Waals surface area contributed by atoms with Gasteiger partial charge in [0, 0.05) is 12.1 Å². The zero-order valence-corrected chi connectivity index (χ0v) is 11.6. The number of likely N-dealkylation sites (N-methyl/N-ethyl adjacent to an activating group) is 1. The van der Waals surface area contributed by atoms with Gasteiger partial charge in [0.05, 0.1) is 19.7 Å². The fourth-order valence-electron chi connectivity index (χ4n) is 2.06. The highest BCUT2D eigenvalue weighted by Gasteiger charge is 2.26. The van der Waals surface area contributed by atoms with Crippen molar-refractivity contribution in [1.29, 1.82) is 0 Å². The van der Waals surface area contributed by atoms with E-state index in [0.717, 1.165) is 0 Å². The number of morpholine rings is 1. The Morgan fingerprint density at radius 2 is 2.26 bits per heavy atom. The average Bonchev–Trinajstić information content (AvgIpc) is 2.40. The minimum absolute atomic E-state index is 0. The number of carbonyl (C=O) groups is 1. The normalized spacial score (nSPS) is 18.8. The van der Waals surface area contributed by atoms with Crippen LogP contribution >= 0.6 is 12.4 Å². The summed E-state index contributed by atoms with van der Waals surface area (Å²) in [6, 6.07) is 6.53. The molecule has 19 heavy (non-hydrogen) atoms. The maximum absolute atomic E-state index is 13.7. The highest BCUT2D eigenvalue weighted by molar-refractivity contribution is 5.85. The zero-order valence-electron chi connectivity index (χ0n) is 10.8. The Balaban J connectivity index is 0.00000180. The molecule has 2 rings (SSSR count). The van der Waals surface area contributed by atoms with Crippen molar-refractivity contribution in [1.82, 2.24) is 10.2 Å².